The molecule has 0 unspecified atom stereocenters. The first kappa shape index (κ1) is 23.2. The maximum atomic E-state index is 13.1. The molecule has 3 aromatic rings. The number of nitro benzene ring substituents is 1. The first-order valence-electron chi connectivity index (χ1n) is 9.60. The number of benzene rings is 1. The highest BCUT2D eigenvalue weighted by molar-refractivity contribution is 7.99. The fourth-order valence-corrected chi connectivity index (χ4v) is 5.03. The van der Waals surface area contributed by atoms with Crippen molar-refractivity contribution in [2.75, 3.05) is 11.1 Å². The van der Waals surface area contributed by atoms with Crippen molar-refractivity contribution in [2.24, 2.45) is 0 Å². The number of unbranched alkanes of at least 4 members (excludes halogenated alkanes) is 1. The lowest BCUT2D eigenvalue weighted by molar-refractivity contribution is -0.384. The molecule has 0 atom stereocenters. The van der Waals surface area contributed by atoms with E-state index < -0.39 is 10.8 Å². The average molecular weight is 481 g/mol. The molecule has 11 heteroatoms. The number of amides is 1. The fourth-order valence-electron chi connectivity index (χ4n) is 2.97. The normalized spacial score (nSPS) is 11.1. The summed E-state index contributed by atoms with van der Waals surface area (Å²) in [6.07, 6.45) is 1.74. The molecule has 0 aliphatic carbocycles. The number of aryl methyl sites for hydroxylation is 2. The Morgan fingerprint density at radius 1 is 1.39 bits per heavy atom. The predicted molar refractivity (Wildman–Crippen MR) is 126 cm³/mol. The number of rotatable bonds is 8. The quantitative estimate of drug-likeness (QED) is 0.206. The van der Waals surface area contributed by atoms with Gasteiger partial charge in [-0.25, -0.2) is 4.98 Å². The lowest BCUT2D eigenvalue weighted by atomic mass is 10.2. The van der Waals surface area contributed by atoms with Crippen molar-refractivity contribution in [3.63, 3.8) is 0 Å². The molecular formula is C20H21ClN4O4S2. The first-order chi connectivity index (χ1) is 14.7. The third kappa shape index (κ3) is 5.08. The molecule has 1 N–H and O–H groups in total. The van der Waals surface area contributed by atoms with Crippen LogP contribution in [0.15, 0.2) is 28.2 Å². The largest absolute Gasteiger partial charge is 0.324 e. The van der Waals surface area contributed by atoms with Gasteiger partial charge >= 0.3 is 0 Å². The van der Waals surface area contributed by atoms with E-state index in [1.54, 1.807) is 4.57 Å². The second kappa shape index (κ2) is 9.80. The molecule has 0 bridgehead atoms. The van der Waals surface area contributed by atoms with Gasteiger partial charge in [-0.05, 0) is 31.9 Å². The number of thiophene rings is 1. The maximum absolute atomic E-state index is 13.1. The molecule has 2 aromatic heterocycles. The minimum absolute atomic E-state index is 0.0214. The number of aromatic nitrogens is 2. The number of nitrogens with one attached hydrogen (secondary N) is 1. The van der Waals surface area contributed by atoms with Crippen molar-refractivity contribution in [1.82, 2.24) is 9.55 Å². The zero-order valence-electron chi connectivity index (χ0n) is 17.2. The van der Waals surface area contributed by atoms with Crippen LogP contribution in [-0.4, -0.2) is 26.1 Å². The molecule has 0 fully saturated rings. The van der Waals surface area contributed by atoms with Crippen LogP contribution < -0.4 is 10.9 Å². The Hall–Kier alpha value is -2.43. The number of fused-ring (bicyclic) bond motifs is 1. The summed E-state index contributed by atoms with van der Waals surface area (Å²) in [7, 11) is 0. The van der Waals surface area contributed by atoms with Crippen LogP contribution in [0.4, 0.5) is 11.4 Å². The smallest absolute Gasteiger partial charge is 0.271 e. The Morgan fingerprint density at radius 2 is 2.13 bits per heavy atom. The lowest BCUT2D eigenvalue weighted by Gasteiger charge is -2.12. The SMILES string of the molecule is CCCCn1c(SCC(=O)Nc2cc([N+](=O)[O-])ccc2Cl)nc2sc(C)c(C)c2c1=O. The van der Waals surface area contributed by atoms with Gasteiger partial charge in [0, 0.05) is 23.6 Å². The average Bonchev–Trinajstić information content (AvgIpc) is 3.01. The summed E-state index contributed by atoms with van der Waals surface area (Å²) in [6.45, 7) is 6.44. The van der Waals surface area contributed by atoms with Crippen LogP contribution in [0.3, 0.4) is 0 Å². The highest BCUT2D eigenvalue weighted by Gasteiger charge is 2.18. The summed E-state index contributed by atoms with van der Waals surface area (Å²) < 4.78 is 1.63. The summed E-state index contributed by atoms with van der Waals surface area (Å²) in [4.78, 5) is 42.3. The van der Waals surface area contributed by atoms with Gasteiger partial charge in [-0.2, -0.15) is 0 Å². The highest BCUT2D eigenvalue weighted by Crippen LogP contribution is 2.29. The molecule has 2 heterocycles. The Bertz CT molecular complexity index is 1220. The number of non-ortho nitro benzene ring substituents is 1. The molecule has 0 radical (unpaired) electrons. The van der Waals surface area contributed by atoms with E-state index in [1.807, 2.05) is 20.8 Å². The van der Waals surface area contributed by atoms with E-state index in [1.165, 1.54) is 29.5 Å². The van der Waals surface area contributed by atoms with Gasteiger partial charge in [0.15, 0.2) is 5.16 Å². The molecule has 0 saturated heterocycles. The number of halogens is 1. The molecule has 0 spiro atoms. The van der Waals surface area contributed by atoms with Crippen molar-refractivity contribution in [1.29, 1.82) is 0 Å². The molecule has 3 rings (SSSR count). The number of hydrogen-bond donors (Lipinski definition) is 1. The van der Waals surface area contributed by atoms with Gasteiger partial charge in [-0.3, -0.25) is 24.3 Å². The highest BCUT2D eigenvalue weighted by atomic mass is 35.5. The number of nitrogens with zero attached hydrogens (tertiary/aromatic N) is 3. The molecule has 1 amide bonds. The van der Waals surface area contributed by atoms with Crippen LogP contribution in [0.1, 0.15) is 30.2 Å². The molecule has 31 heavy (non-hydrogen) atoms. The van der Waals surface area contributed by atoms with Crippen LogP contribution in [-0.2, 0) is 11.3 Å². The van der Waals surface area contributed by atoms with E-state index in [0.29, 0.717) is 21.9 Å². The van der Waals surface area contributed by atoms with Crippen molar-refractivity contribution in [3.8, 4) is 0 Å². The zero-order chi connectivity index (χ0) is 22.7. The third-order valence-corrected chi connectivity index (χ3v) is 7.16. The Labute approximate surface area is 191 Å². The fraction of sp³-hybridized carbons (Fsp3) is 0.350. The van der Waals surface area contributed by atoms with Crippen molar-refractivity contribution < 1.29 is 9.72 Å². The number of hydrogen-bond acceptors (Lipinski definition) is 7. The van der Waals surface area contributed by atoms with Gasteiger partial charge in [0.25, 0.3) is 11.2 Å². The Balaban J connectivity index is 1.84. The second-order valence-corrected chi connectivity index (χ2v) is 9.48. The minimum Gasteiger partial charge on any atom is -0.324 e. The van der Waals surface area contributed by atoms with Crippen LogP contribution in [0.2, 0.25) is 5.02 Å². The molecule has 0 aliphatic heterocycles. The van der Waals surface area contributed by atoms with E-state index in [2.05, 4.69) is 10.3 Å². The van der Waals surface area contributed by atoms with Gasteiger partial charge in [0.05, 0.1) is 26.8 Å². The van der Waals surface area contributed by atoms with Crippen LogP contribution >= 0.6 is 34.7 Å². The molecular weight excluding hydrogens is 460 g/mol. The van der Waals surface area contributed by atoms with Crippen molar-refractivity contribution >= 4 is 62.2 Å². The number of thioether (sulfide) groups is 1. The lowest BCUT2D eigenvalue weighted by Crippen LogP contribution is -2.24. The summed E-state index contributed by atoms with van der Waals surface area (Å²) in [5, 5.41) is 14.9. The maximum Gasteiger partial charge on any atom is 0.271 e. The monoisotopic (exact) mass is 480 g/mol. The summed E-state index contributed by atoms with van der Waals surface area (Å²) in [6, 6.07) is 3.84. The predicted octanol–water partition coefficient (Wildman–Crippen LogP) is 5.17. The molecule has 0 saturated carbocycles. The van der Waals surface area contributed by atoms with Gasteiger partial charge in [-0.15, -0.1) is 11.3 Å². The van der Waals surface area contributed by atoms with Crippen LogP contribution in [0, 0.1) is 24.0 Å². The number of nitro groups is 1. The zero-order valence-corrected chi connectivity index (χ0v) is 19.6. The van der Waals surface area contributed by atoms with Gasteiger partial charge in [0.1, 0.15) is 4.83 Å². The summed E-state index contributed by atoms with van der Waals surface area (Å²) >= 11 is 8.67. The van der Waals surface area contributed by atoms with E-state index >= 15 is 0 Å². The molecule has 1 aromatic carbocycles. The number of anilines is 1. The standard InChI is InChI=1S/C20H21ClN4O4S2/c1-4-5-8-24-19(27)17-11(2)12(3)31-18(17)23-20(24)30-10-16(26)22-15-9-13(25(28)29)6-7-14(15)21/h6-7,9H,4-5,8,10H2,1-3H3,(H,22,26). The van der Waals surface area contributed by atoms with Crippen LogP contribution in [0.5, 0.6) is 0 Å². The Kier molecular flexibility index (Phi) is 7.34. The van der Waals surface area contributed by atoms with Crippen molar-refractivity contribution in [3.05, 3.63) is 54.1 Å². The number of carbonyl (C=O) groups excluding carboxylic acids is 1. The number of carbonyl (C=O) groups is 1. The topological polar surface area (TPSA) is 107 Å². The molecule has 8 nitrogen and oxygen atoms in total. The summed E-state index contributed by atoms with van der Waals surface area (Å²) in [5.41, 5.74) is 0.844. The van der Waals surface area contributed by atoms with E-state index in [4.69, 9.17) is 11.6 Å². The molecule has 0 aliphatic rings. The minimum atomic E-state index is -0.558. The third-order valence-electron chi connectivity index (χ3n) is 4.76. The van der Waals surface area contributed by atoms with Gasteiger partial charge in [-0.1, -0.05) is 36.7 Å². The second-order valence-electron chi connectivity index (χ2n) is 6.93. The van der Waals surface area contributed by atoms with E-state index in [9.17, 15) is 19.7 Å². The molecule has 164 valence electrons. The van der Waals surface area contributed by atoms with Crippen molar-refractivity contribution in [2.45, 2.75) is 45.3 Å². The van der Waals surface area contributed by atoms with Crippen LogP contribution in [0.25, 0.3) is 10.2 Å². The van der Waals surface area contributed by atoms with Gasteiger partial charge in [0.2, 0.25) is 5.91 Å². The van der Waals surface area contributed by atoms with E-state index in [-0.39, 0.29) is 27.7 Å². The summed E-state index contributed by atoms with van der Waals surface area (Å²) in [5.74, 6) is -0.422. The Morgan fingerprint density at radius 3 is 2.81 bits per heavy atom. The first-order valence-corrected chi connectivity index (χ1v) is 11.8. The van der Waals surface area contributed by atoms with Gasteiger partial charge < -0.3 is 5.32 Å². The van der Waals surface area contributed by atoms with E-state index in [0.717, 1.165) is 35.0 Å².